The first-order chi connectivity index (χ1) is 9.63. The van der Waals surface area contributed by atoms with E-state index in [2.05, 4.69) is 36.0 Å². The second kappa shape index (κ2) is 7.04. The number of carbonyl (C=O) groups excluding carboxylic acids is 1. The van der Waals surface area contributed by atoms with E-state index in [1.165, 1.54) is 11.3 Å². The minimum atomic E-state index is 0.0161. The van der Waals surface area contributed by atoms with Gasteiger partial charge in [0.05, 0.1) is 11.7 Å². The van der Waals surface area contributed by atoms with Crippen molar-refractivity contribution in [3.8, 4) is 0 Å². The molecule has 0 aliphatic carbocycles. The number of anilines is 1. The average Bonchev–Trinajstić information content (AvgIpc) is 2.77. The smallest absolute Gasteiger partial charge is 0.241 e. The largest absolute Gasteiger partial charge is 0.323 e. The molecule has 1 fully saturated rings. The number of likely N-dealkylation sites (tertiary alicyclic amines) is 1. The van der Waals surface area contributed by atoms with Gasteiger partial charge in [-0.2, -0.15) is 0 Å². The van der Waals surface area contributed by atoms with Crippen molar-refractivity contribution < 1.29 is 4.79 Å². The molecule has 1 aliphatic heterocycles. The summed E-state index contributed by atoms with van der Waals surface area (Å²) in [6, 6.07) is 0.0161. The predicted octanol–water partition coefficient (Wildman–Crippen LogP) is 3.73. The summed E-state index contributed by atoms with van der Waals surface area (Å²) in [6.45, 7) is 9.84. The number of rotatable bonds is 5. The number of nitrogens with zero attached hydrogens (tertiary/aromatic N) is 1. The fourth-order valence-electron chi connectivity index (χ4n) is 2.78. The molecule has 1 aromatic heterocycles. The lowest BCUT2D eigenvalue weighted by molar-refractivity contribution is -0.122. The molecule has 2 heterocycles. The molecular formula is C16H24N2OS. The summed E-state index contributed by atoms with van der Waals surface area (Å²) in [5.74, 6) is 0.151. The fraction of sp³-hybridized carbons (Fsp3) is 0.562. The van der Waals surface area contributed by atoms with Crippen LogP contribution in [0, 0.1) is 13.8 Å². The molecule has 0 spiro atoms. The highest BCUT2D eigenvalue weighted by atomic mass is 32.1. The maximum absolute atomic E-state index is 12.6. The van der Waals surface area contributed by atoms with Gasteiger partial charge in [0.25, 0.3) is 0 Å². The number of hydrogen-bond donors (Lipinski definition) is 1. The lowest BCUT2D eigenvalue weighted by Gasteiger charge is -2.34. The third-order valence-electron chi connectivity index (χ3n) is 3.94. The molecule has 0 saturated carbocycles. The summed E-state index contributed by atoms with van der Waals surface area (Å²) in [5, 5.41) is 5.24. The SMILES string of the molecule is C=CCCN1CCCCC1C(=O)Nc1c(C)csc1C. The highest BCUT2D eigenvalue weighted by Crippen LogP contribution is 2.27. The molecule has 1 aliphatic rings. The lowest BCUT2D eigenvalue weighted by atomic mass is 10.0. The summed E-state index contributed by atoms with van der Waals surface area (Å²) < 4.78 is 0. The molecular weight excluding hydrogens is 268 g/mol. The number of thiophene rings is 1. The van der Waals surface area contributed by atoms with Crippen molar-refractivity contribution in [2.75, 3.05) is 18.4 Å². The molecule has 1 aromatic rings. The molecule has 2 rings (SSSR count). The zero-order chi connectivity index (χ0) is 14.5. The highest BCUT2D eigenvalue weighted by molar-refractivity contribution is 7.10. The van der Waals surface area contributed by atoms with Gasteiger partial charge in [-0.1, -0.05) is 12.5 Å². The monoisotopic (exact) mass is 292 g/mol. The standard InChI is InChI=1S/C16H24N2OS/c1-4-5-9-18-10-7-6-8-14(18)16(19)17-15-12(2)11-20-13(15)3/h4,11,14H,1,5-10H2,2-3H3,(H,17,19). The summed E-state index contributed by atoms with van der Waals surface area (Å²) >= 11 is 1.69. The van der Waals surface area contributed by atoms with Crippen molar-refractivity contribution in [2.45, 2.75) is 45.6 Å². The van der Waals surface area contributed by atoms with E-state index in [4.69, 9.17) is 0 Å². The molecule has 110 valence electrons. The van der Waals surface area contributed by atoms with Crippen molar-refractivity contribution >= 4 is 22.9 Å². The van der Waals surface area contributed by atoms with Crippen LogP contribution in [0.3, 0.4) is 0 Å². The van der Waals surface area contributed by atoms with Gasteiger partial charge in [-0.05, 0) is 50.6 Å². The fourth-order valence-corrected chi connectivity index (χ4v) is 3.58. The summed E-state index contributed by atoms with van der Waals surface area (Å²) in [4.78, 5) is 16.1. The van der Waals surface area contributed by atoms with E-state index in [-0.39, 0.29) is 11.9 Å². The van der Waals surface area contributed by atoms with E-state index in [1.54, 1.807) is 11.3 Å². The molecule has 1 unspecified atom stereocenters. The Kier molecular flexibility index (Phi) is 5.38. The predicted molar refractivity (Wildman–Crippen MR) is 86.4 cm³/mol. The Labute approximate surface area is 125 Å². The van der Waals surface area contributed by atoms with Crippen molar-refractivity contribution in [3.05, 3.63) is 28.5 Å². The first-order valence-electron chi connectivity index (χ1n) is 7.34. The van der Waals surface area contributed by atoms with Crippen LogP contribution in [0.2, 0.25) is 0 Å². The summed E-state index contributed by atoms with van der Waals surface area (Å²) in [5.41, 5.74) is 2.17. The van der Waals surface area contributed by atoms with Crippen molar-refractivity contribution in [1.82, 2.24) is 4.90 Å². The van der Waals surface area contributed by atoms with Crippen LogP contribution in [-0.2, 0) is 4.79 Å². The Bertz CT molecular complexity index is 461. The first-order valence-corrected chi connectivity index (χ1v) is 8.22. The van der Waals surface area contributed by atoms with Gasteiger partial charge < -0.3 is 5.32 Å². The number of amides is 1. The Balaban J connectivity index is 2.04. The molecule has 1 N–H and O–H groups in total. The number of piperidine rings is 1. The van der Waals surface area contributed by atoms with Gasteiger partial charge >= 0.3 is 0 Å². The molecule has 3 nitrogen and oxygen atoms in total. The minimum Gasteiger partial charge on any atom is -0.323 e. The number of hydrogen-bond acceptors (Lipinski definition) is 3. The number of carbonyl (C=O) groups is 1. The van der Waals surface area contributed by atoms with Gasteiger partial charge in [-0.15, -0.1) is 17.9 Å². The van der Waals surface area contributed by atoms with Gasteiger partial charge in [-0.25, -0.2) is 0 Å². The van der Waals surface area contributed by atoms with Crippen LogP contribution >= 0.6 is 11.3 Å². The molecule has 0 bridgehead atoms. The maximum Gasteiger partial charge on any atom is 0.241 e. The normalized spacial score (nSPS) is 19.8. The average molecular weight is 292 g/mol. The van der Waals surface area contributed by atoms with Crippen LogP contribution in [0.25, 0.3) is 0 Å². The van der Waals surface area contributed by atoms with E-state index >= 15 is 0 Å². The molecule has 1 atom stereocenters. The molecule has 1 amide bonds. The van der Waals surface area contributed by atoms with E-state index in [0.717, 1.165) is 43.6 Å². The number of aryl methyl sites for hydroxylation is 2. The van der Waals surface area contributed by atoms with E-state index in [0.29, 0.717) is 0 Å². The van der Waals surface area contributed by atoms with Gasteiger partial charge in [0.1, 0.15) is 0 Å². The van der Waals surface area contributed by atoms with Crippen molar-refractivity contribution in [1.29, 1.82) is 0 Å². The third-order valence-corrected chi connectivity index (χ3v) is 4.97. The van der Waals surface area contributed by atoms with E-state index < -0.39 is 0 Å². The van der Waals surface area contributed by atoms with Crippen LogP contribution < -0.4 is 5.32 Å². The zero-order valence-corrected chi connectivity index (χ0v) is 13.3. The van der Waals surface area contributed by atoms with E-state index in [1.807, 2.05) is 6.08 Å². The van der Waals surface area contributed by atoms with Crippen molar-refractivity contribution in [2.24, 2.45) is 0 Å². The third kappa shape index (κ3) is 3.49. The maximum atomic E-state index is 12.6. The second-order valence-corrected chi connectivity index (χ2v) is 6.55. The van der Waals surface area contributed by atoms with Gasteiger partial charge in [0.2, 0.25) is 5.91 Å². The Morgan fingerprint density at radius 3 is 3.00 bits per heavy atom. The topological polar surface area (TPSA) is 32.3 Å². The van der Waals surface area contributed by atoms with Crippen LogP contribution in [-0.4, -0.2) is 29.9 Å². The quantitative estimate of drug-likeness (QED) is 0.839. The Morgan fingerprint density at radius 2 is 2.35 bits per heavy atom. The molecule has 1 saturated heterocycles. The Hall–Kier alpha value is -1.13. The molecule has 0 radical (unpaired) electrons. The lowest BCUT2D eigenvalue weighted by Crippen LogP contribution is -2.47. The van der Waals surface area contributed by atoms with Crippen LogP contribution in [0.5, 0.6) is 0 Å². The molecule has 20 heavy (non-hydrogen) atoms. The van der Waals surface area contributed by atoms with Gasteiger partial charge in [0.15, 0.2) is 0 Å². The second-order valence-electron chi connectivity index (χ2n) is 5.46. The first kappa shape index (κ1) is 15.3. The van der Waals surface area contributed by atoms with Gasteiger partial charge in [-0.3, -0.25) is 9.69 Å². The minimum absolute atomic E-state index is 0.0161. The number of nitrogens with one attached hydrogen (secondary N) is 1. The summed E-state index contributed by atoms with van der Waals surface area (Å²) in [6.07, 6.45) is 6.17. The van der Waals surface area contributed by atoms with Crippen LogP contribution in [0.1, 0.15) is 36.1 Å². The Morgan fingerprint density at radius 1 is 1.55 bits per heavy atom. The van der Waals surface area contributed by atoms with Crippen LogP contribution in [0.4, 0.5) is 5.69 Å². The van der Waals surface area contributed by atoms with Crippen molar-refractivity contribution in [3.63, 3.8) is 0 Å². The molecule has 0 aromatic carbocycles. The highest BCUT2D eigenvalue weighted by Gasteiger charge is 2.28. The summed E-state index contributed by atoms with van der Waals surface area (Å²) in [7, 11) is 0. The molecule has 4 heteroatoms. The van der Waals surface area contributed by atoms with Gasteiger partial charge in [0, 0.05) is 11.4 Å². The van der Waals surface area contributed by atoms with Crippen LogP contribution in [0.15, 0.2) is 18.0 Å². The van der Waals surface area contributed by atoms with E-state index in [9.17, 15) is 4.79 Å². The zero-order valence-electron chi connectivity index (χ0n) is 12.4.